The summed E-state index contributed by atoms with van der Waals surface area (Å²) in [5.41, 5.74) is 1.82. The third kappa shape index (κ3) is 4.07. The minimum Gasteiger partial charge on any atom is -0.323 e. The molecule has 0 fully saturated rings. The van der Waals surface area contributed by atoms with E-state index in [0.29, 0.717) is 17.8 Å². The number of nitro groups is 1. The molecule has 0 aliphatic carbocycles. The zero-order valence-corrected chi connectivity index (χ0v) is 14.3. The molecule has 0 bridgehead atoms. The number of nitrogens with zero attached hydrogens (tertiary/aromatic N) is 2. The number of nitro benzene ring substituents is 1. The molecule has 7 heteroatoms. The number of carbonyl (C=O) groups is 1. The third-order valence-electron chi connectivity index (χ3n) is 3.46. The Morgan fingerprint density at radius 3 is 2.61 bits per heavy atom. The Morgan fingerprint density at radius 1 is 1.26 bits per heavy atom. The number of amides is 2. The highest BCUT2D eigenvalue weighted by Gasteiger charge is 2.16. The second-order valence-electron chi connectivity index (χ2n) is 5.08. The maximum atomic E-state index is 12.3. The number of nitrogens with one attached hydrogen (secondary N) is 1. The van der Waals surface area contributed by atoms with Gasteiger partial charge in [0.15, 0.2) is 0 Å². The number of rotatable bonds is 4. The van der Waals surface area contributed by atoms with Crippen molar-refractivity contribution in [2.45, 2.75) is 13.5 Å². The fraction of sp³-hybridized carbons (Fsp3) is 0.188. The number of anilines is 1. The molecule has 6 nitrogen and oxygen atoms in total. The van der Waals surface area contributed by atoms with Crippen LogP contribution >= 0.6 is 15.9 Å². The molecule has 2 aromatic carbocycles. The van der Waals surface area contributed by atoms with Gasteiger partial charge >= 0.3 is 6.03 Å². The summed E-state index contributed by atoms with van der Waals surface area (Å²) in [5, 5.41) is 13.7. The summed E-state index contributed by atoms with van der Waals surface area (Å²) in [6, 6.07) is 11.9. The van der Waals surface area contributed by atoms with Gasteiger partial charge in [0, 0.05) is 24.1 Å². The molecule has 0 aliphatic heterocycles. The van der Waals surface area contributed by atoms with Crippen molar-refractivity contribution in [3.63, 3.8) is 0 Å². The second kappa shape index (κ2) is 7.23. The number of hydrogen-bond donors (Lipinski definition) is 1. The van der Waals surface area contributed by atoms with E-state index in [1.165, 1.54) is 11.0 Å². The molecule has 0 aliphatic rings. The standard InChI is InChI=1S/C16H16BrN3O3/c1-11-14(8-5-9-15(11)20(22)23)18-16(21)19(2)10-12-6-3-4-7-13(12)17/h3-9H,10H2,1-2H3,(H,18,21). The first-order chi connectivity index (χ1) is 10.9. The lowest BCUT2D eigenvalue weighted by atomic mass is 10.1. The van der Waals surface area contributed by atoms with Crippen LogP contribution in [0.5, 0.6) is 0 Å². The Morgan fingerprint density at radius 2 is 1.96 bits per heavy atom. The van der Waals surface area contributed by atoms with Crippen molar-refractivity contribution in [2.24, 2.45) is 0 Å². The predicted molar refractivity (Wildman–Crippen MR) is 92.5 cm³/mol. The van der Waals surface area contributed by atoms with Crippen LogP contribution in [0.2, 0.25) is 0 Å². The van der Waals surface area contributed by atoms with Crippen molar-refractivity contribution >= 4 is 33.3 Å². The summed E-state index contributed by atoms with van der Waals surface area (Å²) in [5.74, 6) is 0. The Balaban J connectivity index is 2.12. The summed E-state index contributed by atoms with van der Waals surface area (Å²) in [7, 11) is 1.67. The lowest BCUT2D eigenvalue weighted by Gasteiger charge is -2.19. The summed E-state index contributed by atoms with van der Waals surface area (Å²) < 4.78 is 0.922. The lowest BCUT2D eigenvalue weighted by Crippen LogP contribution is -2.31. The largest absolute Gasteiger partial charge is 0.323 e. The minimum absolute atomic E-state index is 0.0174. The minimum atomic E-state index is -0.463. The fourth-order valence-corrected chi connectivity index (χ4v) is 2.53. The molecule has 1 N–H and O–H groups in total. The average molecular weight is 378 g/mol. The summed E-state index contributed by atoms with van der Waals surface area (Å²) >= 11 is 3.44. The maximum Gasteiger partial charge on any atom is 0.321 e. The van der Waals surface area contributed by atoms with Crippen LogP contribution in [0.15, 0.2) is 46.9 Å². The fourth-order valence-electron chi connectivity index (χ4n) is 2.12. The van der Waals surface area contributed by atoms with Gasteiger partial charge in [0.25, 0.3) is 5.69 Å². The van der Waals surface area contributed by atoms with E-state index in [4.69, 9.17) is 0 Å². The predicted octanol–water partition coefficient (Wildman–Crippen LogP) is 4.33. The Hall–Kier alpha value is -2.41. The smallest absolute Gasteiger partial charge is 0.321 e. The van der Waals surface area contributed by atoms with Crippen LogP contribution in [0.1, 0.15) is 11.1 Å². The topological polar surface area (TPSA) is 75.5 Å². The number of urea groups is 1. The second-order valence-corrected chi connectivity index (χ2v) is 5.94. The van der Waals surface area contributed by atoms with Crippen molar-refractivity contribution < 1.29 is 9.72 Å². The van der Waals surface area contributed by atoms with Gasteiger partial charge in [0.1, 0.15) is 0 Å². The molecule has 2 aromatic rings. The van der Waals surface area contributed by atoms with Crippen molar-refractivity contribution in [1.29, 1.82) is 0 Å². The van der Waals surface area contributed by atoms with Gasteiger partial charge in [-0.05, 0) is 24.6 Å². The first kappa shape index (κ1) is 17.0. The number of hydrogen-bond acceptors (Lipinski definition) is 3. The molecule has 0 unspecified atom stereocenters. The van der Waals surface area contributed by atoms with Gasteiger partial charge in [-0.25, -0.2) is 4.79 Å². The highest BCUT2D eigenvalue weighted by molar-refractivity contribution is 9.10. The first-order valence-corrected chi connectivity index (χ1v) is 7.69. The maximum absolute atomic E-state index is 12.3. The van der Waals surface area contributed by atoms with Crippen LogP contribution < -0.4 is 5.32 Å². The molecule has 0 radical (unpaired) electrons. The Bertz CT molecular complexity index is 749. The first-order valence-electron chi connectivity index (χ1n) is 6.89. The summed E-state index contributed by atoms with van der Waals surface area (Å²) in [4.78, 5) is 24.3. The quantitative estimate of drug-likeness (QED) is 0.636. The zero-order valence-electron chi connectivity index (χ0n) is 12.7. The van der Waals surface area contributed by atoms with Crippen molar-refractivity contribution in [2.75, 3.05) is 12.4 Å². The van der Waals surface area contributed by atoms with Gasteiger partial charge < -0.3 is 10.2 Å². The monoisotopic (exact) mass is 377 g/mol. The Kier molecular flexibility index (Phi) is 5.33. The molecule has 0 aromatic heterocycles. The van der Waals surface area contributed by atoms with Crippen molar-refractivity contribution in [3.8, 4) is 0 Å². The van der Waals surface area contributed by atoms with Crippen molar-refractivity contribution in [3.05, 3.63) is 68.2 Å². The van der Waals surface area contributed by atoms with Crippen molar-refractivity contribution in [1.82, 2.24) is 4.90 Å². The normalized spacial score (nSPS) is 10.2. The van der Waals surface area contributed by atoms with Crippen LogP contribution in [-0.2, 0) is 6.54 Å². The van der Waals surface area contributed by atoms with Gasteiger partial charge in [0.2, 0.25) is 0 Å². The SMILES string of the molecule is Cc1c(NC(=O)N(C)Cc2ccccc2Br)cccc1[N+](=O)[O-]. The lowest BCUT2D eigenvalue weighted by molar-refractivity contribution is -0.385. The highest BCUT2D eigenvalue weighted by Crippen LogP contribution is 2.25. The van der Waals surface area contributed by atoms with Gasteiger partial charge in [0.05, 0.1) is 16.2 Å². The number of benzene rings is 2. The molecule has 23 heavy (non-hydrogen) atoms. The van der Waals surface area contributed by atoms with Crippen LogP contribution in [0.4, 0.5) is 16.2 Å². The van der Waals surface area contributed by atoms with E-state index in [1.807, 2.05) is 24.3 Å². The van der Waals surface area contributed by atoms with Gasteiger partial charge in [-0.15, -0.1) is 0 Å². The van der Waals surface area contributed by atoms with E-state index < -0.39 is 4.92 Å². The van der Waals surface area contributed by atoms with Gasteiger partial charge in [-0.1, -0.05) is 40.2 Å². The highest BCUT2D eigenvalue weighted by atomic mass is 79.9. The zero-order chi connectivity index (χ0) is 17.0. The molecule has 120 valence electrons. The Labute approximate surface area is 142 Å². The van der Waals surface area contributed by atoms with Crippen LogP contribution in [0, 0.1) is 17.0 Å². The van der Waals surface area contributed by atoms with Gasteiger partial charge in [-0.3, -0.25) is 10.1 Å². The van der Waals surface area contributed by atoms with E-state index in [9.17, 15) is 14.9 Å². The third-order valence-corrected chi connectivity index (χ3v) is 4.23. The molecule has 0 spiro atoms. The molecule has 2 amide bonds. The van der Waals surface area contributed by atoms with Crippen LogP contribution in [0.25, 0.3) is 0 Å². The number of carbonyl (C=O) groups excluding carboxylic acids is 1. The van der Waals surface area contributed by atoms with Crippen LogP contribution in [-0.4, -0.2) is 22.9 Å². The van der Waals surface area contributed by atoms with Gasteiger partial charge in [-0.2, -0.15) is 0 Å². The van der Waals surface area contributed by atoms with Crippen LogP contribution in [0.3, 0.4) is 0 Å². The summed E-state index contributed by atoms with van der Waals surface area (Å²) in [6.07, 6.45) is 0. The van der Waals surface area contributed by atoms with E-state index in [1.54, 1.807) is 26.1 Å². The average Bonchev–Trinajstić information content (AvgIpc) is 2.51. The molecule has 0 atom stereocenters. The molecule has 0 heterocycles. The van der Waals surface area contributed by atoms with E-state index in [2.05, 4.69) is 21.2 Å². The van der Waals surface area contributed by atoms with E-state index in [0.717, 1.165) is 10.0 Å². The molecule has 2 rings (SSSR count). The summed E-state index contributed by atoms with van der Waals surface area (Å²) in [6.45, 7) is 2.03. The molecular weight excluding hydrogens is 362 g/mol. The van der Waals surface area contributed by atoms with E-state index >= 15 is 0 Å². The molecular formula is C16H16BrN3O3. The molecule has 0 saturated heterocycles. The number of halogens is 1. The molecule has 0 saturated carbocycles. The van der Waals surface area contributed by atoms with E-state index in [-0.39, 0.29) is 11.7 Å².